The molecule has 0 aromatic heterocycles. The fourth-order valence-corrected chi connectivity index (χ4v) is 1.76. The third kappa shape index (κ3) is 2.07. The molecule has 2 aromatic rings. The predicted octanol–water partition coefficient (Wildman–Crippen LogP) is 2.59. The largest absolute Gasteiger partial charge is 0.507 e. The van der Waals surface area contributed by atoms with Gasteiger partial charge in [-0.05, 0) is 17.5 Å². The summed E-state index contributed by atoms with van der Waals surface area (Å²) in [7, 11) is 0. The summed E-state index contributed by atoms with van der Waals surface area (Å²) in [6.45, 7) is 0.0474. The highest BCUT2D eigenvalue weighted by Crippen LogP contribution is 2.31. The van der Waals surface area contributed by atoms with Crippen molar-refractivity contribution in [1.82, 2.24) is 0 Å². The van der Waals surface area contributed by atoms with E-state index in [0.29, 0.717) is 6.42 Å². The lowest BCUT2D eigenvalue weighted by Crippen LogP contribution is -1.92. The molecule has 0 saturated heterocycles. The molecule has 0 radical (unpaired) electrons. The number of aromatic hydroxyl groups is 1. The van der Waals surface area contributed by atoms with Gasteiger partial charge in [0.05, 0.1) is 0 Å². The first kappa shape index (κ1) is 10.7. The second-order valence-electron chi connectivity index (χ2n) is 3.65. The first-order valence-electron chi connectivity index (χ1n) is 5.30. The van der Waals surface area contributed by atoms with Crippen molar-refractivity contribution in [3.63, 3.8) is 0 Å². The number of phenols is 1. The molecular formula is C14H14O2. The molecule has 2 heteroatoms. The third-order valence-electron chi connectivity index (χ3n) is 2.59. The minimum Gasteiger partial charge on any atom is -0.507 e. The van der Waals surface area contributed by atoms with Crippen molar-refractivity contribution in [2.75, 3.05) is 6.61 Å². The molecule has 2 aromatic carbocycles. The maximum atomic E-state index is 10.1. The first-order valence-corrected chi connectivity index (χ1v) is 5.30. The number of hydrogen-bond acceptors (Lipinski definition) is 2. The molecule has 82 valence electrons. The Morgan fingerprint density at radius 1 is 0.875 bits per heavy atom. The molecule has 2 nitrogen and oxygen atoms in total. The minimum absolute atomic E-state index is 0.0474. The number of phenolic OH excluding ortho intramolecular Hbond substituents is 1. The van der Waals surface area contributed by atoms with Crippen molar-refractivity contribution in [3.05, 3.63) is 54.1 Å². The molecule has 16 heavy (non-hydrogen) atoms. The normalized spacial score (nSPS) is 10.3. The second-order valence-corrected chi connectivity index (χ2v) is 3.65. The second kappa shape index (κ2) is 4.81. The molecule has 0 aliphatic heterocycles. The fourth-order valence-electron chi connectivity index (χ4n) is 1.76. The van der Waals surface area contributed by atoms with E-state index in [0.717, 1.165) is 16.7 Å². The van der Waals surface area contributed by atoms with Crippen LogP contribution in [0.2, 0.25) is 0 Å². The molecule has 0 fully saturated rings. The summed E-state index contributed by atoms with van der Waals surface area (Å²) < 4.78 is 0. The van der Waals surface area contributed by atoms with Crippen LogP contribution in [-0.2, 0) is 6.42 Å². The predicted molar refractivity (Wildman–Crippen MR) is 64.3 cm³/mol. The molecule has 0 heterocycles. The summed E-state index contributed by atoms with van der Waals surface area (Å²) in [5, 5.41) is 19.0. The van der Waals surface area contributed by atoms with Crippen LogP contribution in [0.15, 0.2) is 48.5 Å². The highest BCUT2D eigenvalue weighted by molar-refractivity contribution is 5.71. The Morgan fingerprint density at radius 2 is 1.62 bits per heavy atom. The summed E-state index contributed by atoms with van der Waals surface area (Å²) in [5.41, 5.74) is 2.58. The van der Waals surface area contributed by atoms with Crippen molar-refractivity contribution in [3.8, 4) is 16.9 Å². The van der Waals surface area contributed by atoms with Gasteiger partial charge in [-0.3, -0.25) is 0 Å². The Morgan fingerprint density at radius 3 is 2.31 bits per heavy atom. The number of para-hydroxylation sites is 1. The van der Waals surface area contributed by atoms with E-state index in [9.17, 15) is 5.11 Å². The summed E-state index contributed by atoms with van der Waals surface area (Å²) in [6.07, 6.45) is 0.479. The van der Waals surface area contributed by atoms with Gasteiger partial charge in [-0.15, -0.1) is 0 Å². The Kier molecular flexibility index (Phi) is 3.22. The van der Waals surface area contributed by atoms with Gasteiger partial charge in [-0.1, -0.05) is 48.5 Å². The smallest absolute Gasteiger partial charge is 0.126 e. The molecule has 0 atom stereocenters. The zero-order valence-corrected chi connectivity index (χ0v) is 8.93. The molecule has 2 N–H and O–H groups in total. The van der Waals surface area contributed by atoms with Gasteiger partial charge in [0.1, 0.15) is 5.75 Å². The van der Waals surface area contributed by atoms with Crippen molar-refractivity contribution in [2.45, 2.75) is 6.42 Å². The first-order chi connectivity index (χ1) is 7.83. The molecule has 0 bridgehead atoms. The number of hydrogen-bond donors (Lipinski definition) is 2. The van der Waals surface area contributed by atoms with E-state index < -0.39 is 0 Å². The van der Waals surface area contributed by atoms with Gasteiger partial charge in [0.25, 0.3) is 0 Å². The van der Waals surface area contributed by atoms with E-state index in [-0.39, 0.29) is 12.4 Å². The molecular weight excluding hydrogens is 200 g/mol. The maximum Gasteiger partial charge on any atom is 0.126 e. The van der Waals surface area contributed by atoms with Crippen molar-refractivity contribution < 1.29 is 10.2 Å². The Labute approximate surface area is 94.8 Å². The van der Waals surface area contributed by atoms with Gasteiger partial charge in [-0.2, -0.15) is 0 Å². The zero-order valence-electron chi connectivity index (χ0n) is 8.93. The molecule has 0 aliphatic rings. The molecule has 0 spiro atoms. The molecule has 0 aliphatic carbocycles. The van der Waals surface area contributed by atoms with Crippen LogP contribution in [0.1, 0.15) is 5.56 Å². The Balaban J connectivity index is 2.46. The van der Waals surface area contributed by atoms with Gasteiger partial charge in [0.2, 0.25) is 0 Å². The van der Waals surface area contributed by atoms with E-state index in [2.05, 4.69) is 0 Å². The number of aliphatic hydroxyl groups excluding tert-OH is 1. The van der Waals surface area contributed by atoms with Crippen molar-refractivity contribution in [1.29, 1.82) is 0 Å². The average molecular weight is 214 g/mol. The standard InChI is InChI=1S/C14H14O2/c15-10-9-12-7-4-8-13(14(12)16)11-5-2-1-3-6-11/h1-8,15-16H,9-10H2. The number of rotatable bonds is 3. The van der Waals surface area contributed by atoms with Gasteiger partial charge in [-0.25, -0.2) is 0 Å². The summed E-state index contributed by atoms with van der Waals surface area (Å²) in [4.78, 5) is 0. The van der Waals surface area contributed by atoms with E-state index in [1.165, 1.54) is 0 Å². The monoisotopic (exact) mass is 214 g/mol. The van der Waals surface area contributed by atoms with Crippen LogP contribution in [0.25, 0.3) is 11.1 Å². The number of aliphatic hydroxyl groups is 1. The summed E-state index contributed by atoms with van der Waals surface area (Å²) >= 11 is 0. The summed E-state index contributed by atoms with van der Waals surface area (Å²) in [6, 6.07) is 15.3. The quantitative estimate of drug-likeness (QED) is 0.824. The van der Waals surface area contributed by atoms with E-state index >= 15 is 0 Å². The highest BCUT2D eigenvalue weighted by atomic mass is 16.3. The van der Waals surface area contributed by atoms with Gasteiger partial charge in [0, 0.05) is 12.2 Å². The molecule has 0 saturated carbocycles. The van der Waals surface area contributed by atoms with E-state index in [1.807, 2.05) is 48.5 Å². The van der Waals surface area contributed by atoms with Crippen LogP contribution in [-0.4, -0.2) is 16.8 Å². The molecule has 2 rings (SSSR count). The van der Waals surface area contributed by atoms with E-state index in [1.54, 1.807) is 0 Å². The molecule has 0 unspecified atom stereocenters. The fraction of sp³-hybridized carbons (Fsp3) is 0.143. The minimum atomic E-state index is 0.0474. The maximum absolute atomic E-state index is 10.1. The van der Waals surface area contributed by atoms with Gasteiger partial charge >= 0.3 is 0 Å². The average Bonchev–Trinajstić information content (AvgIpc) is 2.33. The lowest BCUT2D eigenvalue weighted by molar-refractivity contribution is 0.297. The van der Waals surface area contributed by atoms with Crippen molar-refractivity contribution in [2.24, 2.45) is 0 Å². The van der Waals surface area contributed by atoms with Crippen LogP contribution in [0.4, 0.5) is 0 Å². The van der Waals surface area contributed by atoms with Gasteiger partial charge < -0.3 is 10.2 Å². The van der Waals surface area contributed by atoms with Gasteiger partial charge in [0.15, 0.2) is 0 Å². The van der Waals surface area contributed by atoms with Crippen LogP contribution in [0.3, 0.4) is 0 Å². The molecule has 0 amide bonds. The lowest BCUT2D eigenvalue weighted by atomic mass is 10.0. The lowest BCUT2D eigenvalue weighted by Gasteiger charge is -2.08. The number of benzene rings is 2. The topological polar surface area (TPSA) is 40.5 Å². The van der Waals surface area contributed by atoms with E-state index in [4.69, 9.17) is 5.11 Å². The zero-order chi connectivity index (χ0) is 11.4. The van der Waals surface area contributed by atoms with Crippen LogP contribution in [0, 0.1) is 0 Å². The highest BCUT2D eigenvalue weighted by Gasteiger charge is 2.07. The SMILES string of the molecule is OCCc1cccc(-c2ccccc2)c1O. The van der Waals surface area contributed by atoms with Crippen molar-refractivity contribution >= 4 is 0 Å². The van der Waals surface area contributed by atoms with Crippen LogP contribution in [0.5, 0.6) is 5.75 Å². The Hall–Kier alpha value is -1.80. The summed E-state index contributed by atoms with van der Waals surface area (Å²) in [5.74, 6) is 0.266. The van der Waals surface area contributed by atoms with Crippen LogP contribution < -0.4 is 0 Å². The third-order valence-corrected chi connectivity index (χ3v) is 2.59. The Bertz CT molecular complexity index is 463. The van der Waals surface area contributed by atoms with Crippen LogP contribution >= 0.6 is 0 Å².